The molecule has 2 heterocycles. The van der Waals surface area contributed by atoms with Gasteiger partial charge in [-0.05, 0) is 54.0 Å². The molecule has 3 aromatic carbocycles. The van der Waals surface area contributed by atoms with Crippen LogP contribution < -0.4 is 15.3 Å². The Hall–Kier alpha value is -4.32. The number of carbonyl (C=O) groups excluding carboxylic acids is 1. The van der Waals surface area contributed by atoms with Crippen molar-refractivity contribution < 1.29 is 18.7 Å². The minimum Gasteiger partial charge on any atom is -0.497 e. The molecule has 188 valence electrons. The predicted molar refractivity (Wildman–Crippen MR) is 145 cm³/mol. The largest absolute Gasteiger partial charge is 0.497 e. The zero-order chi connectivity index (χ0) is 25.9. The van der Waals surface area contributed by atoms with E-state index in [0.717, 1.165) is 33.3 Å². The van der Waals surface area contributed by atoms with Crippen molar-refractivity contribution in [2.45, 2.75) is 32.4 Å². The van der Waals surface area contributed by atoms with Crippen LogP contribution in [0.15, 0.2) is 88.1 Å². The van der Waals surface area contributed by atoms with Gasteiger partial charge in [0.25, 0.3) is 0 Å². The monoisotopic (exact) mass is 495 g/mol. The van der Waals surface area contributed by atoms with Crippen LogP contribution in [0.1, 0.15) is 35.3 Å². The summed E-state index contributed by atoms with van der Waals surface area (Å²) in [4.78, 5) is 27.7. The Labute approximate surface area is 215 Å². The first kappa shape index (κ1) is 24.4. The molecule has 37 heavy (non-hydrogen) atoms. The number of methoxy groups -OCH3 is 1. The first-order chi connectivity index (χ1) is 17.9. The van der Waals surface area contributed by atoms with Gasteiger partial charge in [0, 0.05) is 12.6 Å². The van der Waals surface area contributed by atoms with Gasteiger partial charge in [0.1, 0.15) is 18.1 Å². The standard InChI is InChI=1S/C31H29NO5/c1-20-15-29-28(31(34)37-20)14-12-26(32(29)18-22-7-5-4-6-8-22)19-36-30(33)21(2)23-9-10-25-17-27(35-3)13-11-24(25)16-23/h4-17,21,26H,18-19H2,1-3H3/t21-,26?/m0/s1. The van der Waals surface area contributed by atoms with Crippen molar-refractivity contribution in [3.05, 3.63) is 112 Å². The number of benzene rings is 3. The summed E-state index contributed by atoms with van der Waals surface area (Å²) in [7, 11) is 1.64. The van der Waals surface area contributed by atoms with E-state index in [4.69, 9.17) is 13.9 Å². The summed E-state index contributed by atoms with van der Waals surface area (Å²) in [6.45, 7) is 4.34. The Bertz CT molecular complexity index is 1520. The molecular formula is C31H29NO5. The van der Waals surface area contributed by atoms with Crippen molar-refractivity contribution in [2.75, 3.05) is 18.6 Å². The van der Waals surface area contributed by atoms with E-state index in [0.29, 0.717) is 17.9 Å². The number of esters is 1. The maximum Gasteiger partial charge on any atom is 0.345 e. The van der Waals surface area contributed by atoms with Gasteiger partial charge in [-0.2, -0.15) is 0 Å². The van der Waals surface area contributed by atoms with Crippen LogP contribution in [0.3, 0.4) is 0 Å². The summed E-state index contributed by atoms with van der Waals surface area (Å²) in [5.41, 5.74) is 2.89. The van der Waals surface area contributed by atoms with E-state index in [1.807, 2.05) is 85.8 Å². The quantitative estimate of drug-likeness (QED) is 0.299. The topological polar surface area (TPSA) is 69.0 Å². The van der Waals surface area contributed by atoms with Gasteiger partial charge in [0.05, 0.1) is 30.3 Å². The van der Waals surface area contributed by atoms with Crippen molar-refractivity contribution in [3.8, 4) is 5.75 Å². The number of aryl methyl sites for hydroxylation is 1. The van der Waals surface area contributed by atoms with E-state index >= 15 is 0 Å². The average Bonchev–Trinajstić information content (AvgIpc) is 2.92. The number of anilines is 1. The van der Waals surface area contributed by atoms with Crippen LogP contribution in [0.25, 0.3) is 16.8 Å². The van der Waals surface area contributed by atoms with Gasteiger partial charge in [-0.1, -0.05) is 60.7 Å². The lowest BCUT2D eigenvalue weighted by Crippen LogP contribution is -2.40. The van der Waals surface area contributed by atoms with Crippen LogP contribution in [0.5, 0.6) is 5.75 Å². The van der Waals surface area contributed by atoms with Crippen molar-refractivity contribution in [2.24, 2.45) is 0 Å². The summed E-state index contributed by atoms with van der Waals surface area (Å²) in [6.07, 6.45) is 3.67. The maximum absolute atomic E-state index is 13.1. The van der Waals surface area contributed by atoms with Crippen LogP contribution in [-0.4, -0.2) is 25.7 Å². The zero-order valence-electron chi connectivity index (χ0n) is 21.1. The van der Waals surface area contributed by atoms with Crippen LogP contribution in [-0.2, 0) is 16.1 Å². The van der Waals surface area contributed by atoms with E-state index in [1.54, 1.807) is 20.1 Å². The van der Waals surface area contributed by atoms with Gasteiger partial charge < -0.3 is 18.8 Å². The first-order valence-corrected chi connectivity index (χ1v) is 12.3. The Kier molecular flexibility index (Phi) is 6.82. The number of nitrogens with zero attached hydrogens (tertiary/aromatic N) is 1. The van der Waals surface area contributed by atoms with E-state index in [2.05, 4.69) is 4.90 Å². The molecule has 0 aliphatic carbocycles. The van der Waals surface area contributed by atoms with Crippen LogP contribution >= 0.6 is 0 Å². The third-order valence-corrected chi connectivity index (χ3v) is 6.80. The molecular weight excluding hydrogens is 466 g/mol. The second kappa shape index (κ2) is 10.3. The third-order valence-electron chi connectivity index (χ3n) is 6.80. The van der Waals surface area contributed by atoms with Gasteiger partial charge in [0.2, 0.25) is 0 Å². The molecule has 0 fully saturated rings. The Morgan fingerprint density at radius 2 is 1.78 bits per heavy atom. The van der Waals surface area contributed by atoms with Crippen LogP contribution in [0.4, 0.5) is 5.69 Å². The molecule has 0 amide bonds. The normalized spacial score (nSPS) is 15.3. The first-order valence-electron chi connectivity index (χ1n) is 12.3. The molecule has 0 saturated carbocycles. The lowest BCUT2D eigenvalue weighted by atomic mass is 9.97. The lowest BCUT2D eigenvalue weighted by Gasteiger charge is -2.35. The minimum atomic E-state index is -0.428. The van der Waals surface area contributed by atoms with Crippen molar-refractivity contribution in [1.29, 1.82) is 0 Å². The highest BCUT2D eigenvalue weighted by Crippen LogP contribution is 2.30. The van der Waals surface area contributed by atoms with Crippen LogP contribution in [0.2, 0.25) is 0 Å². The highest BCUT2D eigenvalue weighted by atomic mass is 16.5. The van der Waals surface area contributed by atoms with E-state index in [9.17, 15) is 9.59 Å². The number of carbonyl (C=O) groups is 1. The molecule has 6 heteroatoms. The average molecular weight is 496 g/mol. The molecule has 1 aliphatic rings. The predicted octanol–water partition coefficient (Wildman–Crippen LogP) is 5.86. The van der Waals surface area contributed by atoms with E-state index in [-0.39, 0.29) is 24.2 Å². The fourth-order valence-corrected chi connectivity index (χ4v) is 4.68. The van der Waals surface area contributed by atoms with Gasteiger partial charge >= 0.3 is 11.6 Å². The molecule has 1 unspecified atom stereocenters. The summed E-state index contributed by atoms with van der Waals surface area (Å²) in [5.74, 6) is 0.608. The van der Waals surface area contributed by atoms with Crippen LogP contribution in [0, 0.1) is 6.92 Å². The third kappa shape index (κ3) is 5.14. The fraction of sp³-hybridized carbons (Fsp3) is 0.226. The molecule has 5 rings (SSSR count). The SMILES string of the molecule is COc1ccc2cc([C@H](C)C(=O)OCC3C=Cc4c(cc(C)oc4=O)N3Cc3ccccc3)ccc2c1. The molecule has 0 saturated heterocycles. The molecule has 0 bridgehead atoms. The lowest BCUT2D eigenvalue weighted by molar-refractivity contribution is -0.145. The second-order valence-electron chi connectivity index (χ2n) is 9.31. The Balaban J connectivity index is 1.35. The number of fused-ring (bicyclic) bond motifs is 2. The Morgan fingerprint density at radius 3 is 2.57 bits per heavy atom. The number of hydrogen-bond donors (Lipinski definition) is 0. The molecule has 0 radical (unpaired) electrons. The highest BCUT2D eigenvalue weighted by molar-refractivity contribution is 5.87. The maximum atomic E-state index is 13.1. The number of ether oxygens (including phenoxy) is 2. The van der Waals surface area contributed by atoms with Gasteiger partial charge in [-0.25, -0.2) is 4.79 Å². The molecule has 1 aromatic heterocycles. The number of hydrogen-bond acceptors (Lipinski definition) is 6. The fourth-order valence-electron chi connectivity index (χ4n) is 4.68. The Morgan fingerprint density at radius 1 is 1.03 bits per heavy atom. The van der Waals surface area contributed by atoms with Gasteiger partial charge in [0.15, 0.2) is 0 Å². The molecule has 4 aromatic rings. The van der Waals surface area contributed by atoms with E-state index < -0.39 is 5.92 Å². The highest BCUT2D eigenvalue weighted by Gasteiger charge is 2.27. The molecule has 2 atom stereocenters. The molecule has 0 N–H and O–H groups in total. The molecule has 6 nitrogen and oxygen atoms in total. The van der Waals surface area contributed by atoms with Crippen molar-refractivity contribution in [1.82, 2.24) is 0 Å². The van der Waals surface area contributed by atoms with E-state index in [1.165, 1.54) is 0 Å². The van der Waals surface area contributed by atoms with Crippen molar-refractivity contribution >= 4 is 28.5 Å². The smallest absolute Gasteiger partial charge is 0.345 e. The van der Waals surface area contributed by atoms with Gasteiger partial charge in [-0.15, -0.1) is 0 Å². The number of rotatable bonds is 7. The second-order valence-corrected chi connectivity index (χ2v) is 9.31. The minimum absolute atomic E-state index is 0.163. The van der Waals surface area contributed by atoms with Crippen molar-refractivity contribution in [3.63, 3.8) is 0 Å². The summed E-state index contributed by atoms with van der Waals surface area (Å²) >= 11 is 0. The summed E-state index contributed by atoms with van der Waals surface area (Å²) < 4.78 is 16.4. The summed E-state index contributed by atoms with van der Waals surface area (Å²) in [6, 6.07) is 23.5. The van der Waals surface area contributed by atoms with Gasteiger partial charge in [-0.3, -0.25) is 4.79 Å². The zero-order valence-corrected chi connectivity index (χ0v) is 21.1. The molecule has 0 spiro atoms. The molecule has 1 aliphatic heterocycles. The summed E-state index contributed by atoms with van der Waals surface area (Å²) in [5, 5.41) is 2.08.